The fourth-order valence-corrected chi connectivity index (χ4v) is 9.05. The Morgan fingerprint density at radius 3 is 0.528 bits per heavy atom. The lowest BCUT2D eigenvalue weighted by Gasteiger charge is -2.12. The van der Waals surface area contributed by atoms with Gasteiger partial charge in [-0.15, -0.1) is 0 Å². The van der Waals surface area contributed by atoms with E-state index < -0.39 is 0 Å². The molecule has 12 aromatic rings. The van der Waals surface area contributed by atoms with E-state index in [1.807, 2.05) is 24.3 Å². The van der Waals surface area contributed by atoms with Crippen molar-refractivity contribution >= 4 is 0 Å². The first-order valence-electron chi connectivity index (χ1n) is 24.0. The van der Waals surface area contributed by atoms with Gasteiger partial charge in [-0.2, -0.15) is 0 Å². The zero-order valence-electron chi connectivity index (χ0n) is 39.1. The zero-order chi connectivity index (χ0) is 48.1. The Morgan fingerprint density at radius 2 is 0.292 bits per heavy atom. The van der Waals surface area contributed by atoms with E-state index in [4.69, 9.17) is 29.9 Å². The van der Waals surface area contributed by atoms with Crippen LogP contribution in [-0.2, 0) is 0 Å². The van der Waals surface area contributed by atoms with Crippen LogP contribution in [0.5, 0.6) is 0 Å². The van der Waals surface area contributed by atoms with Gasteiger partial charge in [-0.3, -0.25) is 0 Å². The molecule has 0 unspecified atom stereocenters. The summed E-state index contributed by atoms with van der Waals surface area (Å²) in [6.07, 6.45) is 0. The van der Waals surface area contributed by atoms with Crippen LogP contribution in [0.2, 0.25) is 0 Å². The second kappa shape index (κ2) is 19.7. The Morgan fingerprint density at radius 1 is 0.125 bits per heavy atom. The van der Waals surface area contributed by atoms with Gasteiger partial charge in [0.15, 0.2) is 34.9 Å². The van der Waals surface area contributed by atoms with Crippen LogP contribution in [0.25, 0.3) is 124 Å². The normalized spacial score (nSPS) is 11.1. The van der Waals surface area contributed by atoms with Crippen molar-refractivity contribution in [3.8, 4) is 124 Å². The average Bonchev–Trinajstić information content (AvgIpc) is 3.48. The van der Waals surface area contributed by atoms with E-state index in [0.717, 1.165) is 89.0 Å². The number of rotatable bonds is 11. The Hall–Kier alpha value is -9.78. The molecular weight excluding hydrogens is 877 g/mol. The van der Waals surface area contributed by atoms with Crippen LogP contribution < -0.4 is 0 Å². The van der Waals surface area contributed by atoms with Crippen molar-refractivity contribution in [3.05, 3.63) is 267 Å². The highest BCUT2D eigenvalue weighted by molar-refractivity contribution is 5.79. The number of hydrogen-bond donors (Lipinski definition) is 0. The minimum Gasteiger partial charge on any atom is -0.208 e. The summed E-state index contributed by atoms with van der Waals surface area (Å²) in [5.74, 6) is 3.57. The van der Waals surface area contributed by atoms with Crippen molar-refractivity contribution in [1.29, 1.82) is 0 Å². The second-order valence-corrected chi connectivity index (χ2v) is 17.6. The van der Waals surface area contributed by atoms with E-state index in [0.29, 0.717) is 34.9 Å². The van der Waals surface area contributed by atoms with Gasteiger partial charge in [-0.1, -0.05) is 237 Å². The largest absolute Gasteiger partial charge is 0.208 e. The molecule has 72 heavy (non-hydrogen) atoms. The molecule has 0 saturated carbocycles. The number of nitrogens with zero attached hydrogens (tertiary/aromatic N) is 6. The van der Waals surface area contributed by atoms with Crippen molar-refractivity contribution in [1.82, 2.24) is 29.9 Å². The lowest BCUT2D eigenvalue weighted by molar-refractivity contribution is 1.07. The van der Waals surface area contributed by atoms with Gasteiger partial charge in [0.2, 0.25) is 0 Å². The Labute approximate surface area is 418 Å². The molecule has 0 aliphatic heterocycles. The van der Waals surface area contributed by atoms with Crippen molar-refractivity contribution < 1.29 is 0 Å². The highest BCUT2D eigenvalue weighted by Crippen LogP contribution is 2.34. The molecular formula is C66H44N6. The fraction of sp³-hybridized carbons (Fsp3) is 0. The van der Waals surface area contributed by atoms with Crippen LogP contribution >= 0.6 is 0 Å². The van der Waals surface area contributed by atoms with Crippen molar-refractivity contribution in [3.63, 3.8) is 0 Å². The second-order valence-electron chi connectivity index (χ2n) is 17.6. The molecule has 0 aliphatic rings. The Kier molecular flexibility index (Phi) is 11.9. The molecule has 6 heteroatoms. The highest BCUT2D eigenvalue weighted by Gasteiger charge is 2.17. The van der Waals surface area contributed by atoms with Crippen LogP contribution in [0.3, 0.4) is 0 Å². The van der Waals surface area contributed by atoms with Crippen LogP contribution in [0.1, 0.15) is 0 Å². The molecule has 0 fully saturated rings. The molecule has 338 valence electrons. The van der Waals surface area contributed by atoms with Crippen LogP contribution in [0, 0.1) is 0 Å². The summed E-state index contributed by atoms with van der Waals surface area (Å²) in [6, 6.07) is 91.9. The van der Waals surface area contributed by atoms with Gasteiger partial charge in [0.1, 0.15) is 0 Å². The summed E-state index contributed by atoms with van der Waals surface area (Å²) in [6.45, 7) is 0. The maximum atomic E-state index is 5.17. The number of hydrogen-bond acceptors (Lipinski definition) is 6. The number of aromatic nitrogens is 6. The van der Waals surface area contributed by atoms with Crippen LogP contribution in [0.15, 0.2) is 267 Å². The first kappa shape index (κ1) is 43.5. The summed E-state index contributed by atoms with van der Waals surface area (Å²) in [5.41, 5.74) is 16.3. The van der Waals surface area contributed by atoms with E-state index in [-0.39, 0.29) is 0 Å². The fourth-order valence-electron chi connectivity index (χ4n) is 9.05. The van der Waals surface area contributed by atoms with Gasteiger partial charge in [-0.25, -0.2) is 29.9 Å². The quantitative estimate of drug-likeness (QED) is 0.129. The molecule has 0 radical (unpaired) electrons. The first-order valence-corrected chi connectivity index (χ1v) is 24.0. The summed E-state index contributed by atoms with van der Waals surface area (Å²) >= 11 is 0. The van der Waals surface area contributed by atoms with E-state index in [2.05, 4.69) is 243 Å². The van der Waals surface area contributed by atoms with Crippen molar-refractivity contribution in [2.75, 3.05) is 0 Å². The van der Waals surface area contributed by atoms with Gasteiger partial charge in [0.25, 0.3) is 0 Å². The number of benzene rings is 10. The molecule has 0 bridgehead atoms. The molecule has 10 aromatic carbocycles. The molecule has 2 heterocycles. The summed E-state index contributed by atoms with van der Waals surface area (Å²) in [5, 5.41) is 0. The molecule has 6 nitrogen and oxygen atoms in total. The van der Waals surface area contributed by atoms with Gasteiger partial charge >= 0.3 is 0 Å². The molecule has 2 aromatic heterocycles. The zero-order valence-corrected chi connectivity index (χ0v) is 39.1. The van der Waals surface area contributed by atoms with Gasteiger partial charge in [0.05, 0.1) is 0 Å². The molecule has 0 atom stereocenters. The minimum atomic E-state index is 0.585. The Bertz CT molecular complexity index is 3640. The maximum Gasteiger partial charge on any atom is 0.164 e. The smallest absolute Gasteiger partial charge is 0.164 e. The average molecular weight is 921 g/mol. The maximum absolute atomic E-state index is 5.17. The molecule has 12 rings (SSSR count). The predicted molar refractivity (Wildman–Crippen MR) is 293 cm³/mol. The van der Waals surface area contributed by atoms with Gasteiger partial charge in [-0.05, 0) is 86.0 Å². The monoisotopic (exact) mass is 920 g/mol. The topological polar surface area (TPSA) is 77.3 Å². The Balaban J connectivity index is 0.918. The molecule has 0 N–H and O–H groups in total. The third kappa shape index (κ3) is 9.36. The summed E-state index contributed by atoms with van der Waals surface area (Å²) in [4.78, 5) is 30.9. The SMILES string of the molecule is c1ccc(-c2cccc(-c3nc(-c4ccc(-c5cccc(-c6nc(-c7cccc(-c8ccccc8)c7)nc(-c7cccc(-c8ccccc8)c7)n6)c5)cc4)nc(-c4cccc(-c5ccccc5)c4)n3)c2)cc1. The predicted octanol–water partition coefficient (Wildman–Crippen LogP) is 16.4. The minimum absolute atomic E-state index is 0.585. The van der Waals surface area contributed by atoms with E-state index in [1.54, 1.807) is 0 Å². The molecule has 0 spiro atoms. The summed E-state index contributed by atoms with van der Waals surface area (Å²) in [7, 11) is 0. The van der Waals surface area contributed by atoms with Crippen molar-refractivity contribution in [2.24, 2.45) is 0 Å². The molecule has 0 saturated heterocycles. The third-order valence-electron chi connectivity index (χ3n) is 12.8. The van der Waals surface area contributed by atoms with E-state index in [9.17, 15) is 0 Å². The lowest BCUT2D eigenvalue weighted by atomic mass is 10.0. The molecule has 0 amide bonds. The van der Waals surface area contributed by atoms with E-state index >= 15 is 0 Å². The summed E-state index contributed by atoms with van der Waals surface area (Å²) < 4.78 is 0. The highest BCUT2D eigenvalue weighted by atomic mass is 15.0. The molecule has 0 aliphatic carbocycles. The standard InChI is InChI=1S/C66H44N6/c1-5-18-45(19-6-1)51-26-13-31-56(40-51)62-67-61(68-63(69-62)57-32-14-27-52(41-57)46-20-7-2-8-21-46)50-38-36-49(37-39-50)55-30-17-35-60(44-55)66-71-64(58-33-15-28-53(42-58)47-22-9-3-10-23-47)70-65(72-66)59-34-16-29-54(43-59)48-24-11-4-12-25-48/h1-44H. The first-order chi connectivity index (χ1) is 35.6. The van der Waals surface area contributed by atoms with E-state index in [1.165, 1.54) is 0 Å². The van der Waals surface area contributed by atoms with Crippen molar-refractivity contribution in [2.45, 2.75) is 0 Å². The van der Waals surface area contributed by atoms with Gasteiger partial charge in [0, 0.05) is 33.4 Å². The van der Waals surface area contributed by atoms with Gasteiger partial charge < -0.3 is 0 Å². The third-order valence-corrected chi connectivity index (χ3v) is 12.8. The lowest BCUT2D eigenvalue weighted by Crippen LogP contribution is -2.01. The van der Waals surface area contributed by atoms with Crippen LogP contribution in [0.4, 0.5) is 0 Å². The van der Waals surface area contributed by atoms with Crippen LogP contribution in [-0.4, -0.2) is 29.9 Å².